The smallest absolute Gasteiger partial charge is 0.164 e. The van der Waals surface area contributed by atoms with Gasteiger partial charge in [0, 0.05) is 70.0 Å². The molecule has 0 unspecified atom stereocenters. The van der Waals surface area contributed by atoms with Crippen LogP contribution in [0.4, 0.5) is 5.69 Å². The molecule has 170 valence electrons. The van der Waals surface area contributed by atoms with Gasteiger partial charge in [-0.05, 0) is 49.1 Å². The van der Waals surface area contributed by atoms with E-state index in [-0.39, 0.29) is 30.6 Å². The summed E-state index contributed by atoms with van der Waals surface area (Å²) < 4.78 is 0. The summed E-state index contributed by atoms with van der Waals surface area (Å²) in [6.45, 7) is 8.43. The van der Waals surface area contributed by atoms with Crippen LogP contribution in [0, 0.1) is 0 Å². The van der Waals surface area contributed by atoms with E-state index in [9.17, 15) is 4.79 Å². The lowest BCUT2D eigenvalue weighted by Gasteiger charge is -2.34. The van der Waals surface area contributed by atoms with Gasteiger partial charge < -0.3 is 9.80 Å². The van der Waals surface area contributed by atoms with Gasteiger partial charge in [-0.15, -0.1) is 24.8 Å². The number of Topliss-reactive ketones (excluding diaryl/α,β-unsaturated/α-hetero) is 1. The average molecular weight is 464 g/mol. The zero-order valence-electron chi connectivity index (χ0n) is 18.2. The largest absolute Gasteiger partial charge is 0.372 e. The van der Waals surface area contributed by atoms with E-state index in [1.807, 2.05) is 12.1 Å². The third-order valence-electron chi connectivity index (χ3n) is 6.28. The van der Waals surface area contributed by atoms with Crippen LogP contribution in [0.15, 0.2) is 54.6 Å². The minimum absolute atomic E-state index is 0. The first-order valence-electron chi connectivity index (χ1n) is 11.1. The molecule has 2 heterocycles. The number of ketones is 1. The molecule has 0 aliphatic carbocycles. The number of benzene rings is 2. The highest BCUT2D eigenvalue weighted by Gasteiger charge is 2.18. The van der Waals surface area contributed by atoms with E-state index >= 15 is 0 Å². The van der Waals surface area contributed by atoms with Crippen molar-refractivity contribution in [2.75, 3.05) is 50.7 Å². The van der Waals surface area contributed by atoms with Gasteiger partial charge in [-0.3, -0.25) is 9.69 Å². The summed E-state index contributed by atoms with van der Waals surface area (Å²) in [5.74, 6) is 0.266. The normalized spacial score (nSPS) is 17.5. The van der Waals surface area contributed by atoms with Crippen LogP contribution in [0.1, 0.15) is 41.6 Å². The molecule has 2 saturated heterocycles. The minimum Gasteiger partial charge on any atom is -0.372 e. The van der Waals surface area contributed by atoms with Crippen LogP contribution in [0.3, 0.4) is 0 Å². The third-order valence-corrected chi connectivity index (χ3v) is 6.28. The molecular formula is C25H35Cl2N3O. The van der Waals surface area contributed by atoms with E-state index in [0.717, 1.165) is 57.9 Å². The predicted molar refractivity (Wildman–Crippen MR) is 134 cm³/mol. The molecule has 31 heavy (non-hydrogen) atoms. The lowest BCUT2D eigenvalue weighted by atomic mass is 10.1. The van der Waals surface area contributed by atoms with Crippen molar-refractivity contribution in [2.45, 2.75) is 32.2 Å². The average Bonchev–Trinajstić information content (AvgIpc) is 2.80. The summed E-state index contributed by atoms with van der Waals surface area (Å²) in [5, 5.41) is 0. The van der Waals surface area contributed by atoms with Crippen LogP contribution in [0.2, 0.25) is 0 Å². The summed E-state index contributed by atoms with van der Waals surface area (Å²) in [6.07, 6.45) is 4.51. The highest BCUT2D eigenvalue weighted by atomic mass is 35.5. The number of hydrogen-bond donors (Lipinski definition) is 0. The molecule has 0 radical (unpaired) electrons. The fourth-order valence-electron chi connectivity index (χ4n) is 4.43. The van der Waals surface area contributed by atoms with Crippen molar-refractivity contribution < 1.29 is 4.79 Å². The van der Waals surface area contributed by atoms with Crippen molar-refractivity contribution in [1.82, 2.24) is 9.80 Å². The first-order chi connectivity index (χ1) is 14.3. The van der Waals surface area contributed by atoms with Gasteiger partial charge in [0.2, 0.25) is 0 Å². The quantitative estimate of drug-likeness (QED) is 0.544. The molecule has 6 heteroatoms. The van der Waals surface area contributed by atoms with E-state index in [1.165, 1.54) is 30.5 Å². The molecule has 4 rings (SSSR count). The molecule has 0 amide bonds. The molecule has 4 nitrogen and oxygen atoms in total. The van der Waals surface area contributed by atoms with E-state index in [4.69, 9.17) is 0 Å². The highest BCUT2D eigenvalue weighted by molar-refractivity contribution is 5.96. The molecule has 0 atom stereocenters. The summed E-state index contributed by atoms with van der Waals surface area (Å²) in [7, 11) is 0. The Hall–Kier alpha value is -1.59. The Morgan fingerprint density at radius 1 is 0.710 bits per heavy atom. The third kappa shape index (κ3) is 7.50. The molecule has 0 N–H and O–H groups in total. The summed E-state index contributed by atoms with van der Waals surface area (Å²) >= 11 is 0. The van der Waals surface area contributed by atoms with Crippen molar-refractivity contribution in [2.24, 2.45) is 0 Å². The lowest BCUT2D eigenvalue weighted by molar-refractivity contribution is 0.0922. The van der Waals surface area contributed by atoms with Crippen molar-refractivity contribution in [3.8, 4) is 0 Å². The summed E-state index contributed by atoms with van der Waals surface area (Å²) in [4.78, 5) is 20.0. The number of nitrogens with zero attached hydrogens (tertiary/aromatic N) is 3. The molecule has 2 aliphatic heterocycles. The molecule has 2 aromatic carbocycles. The van der Waals surface area contributed by atoms with Crippen LogP contribution < -0.4 is 4.90 Å². The second-order valence-electron chi connectivity index (χ2n) is 8.37. The zero-order valence-corrected chi connectivity index (χ0v) is 19.9. The molecule has 2 fully saturated rings. The van der Waals surface area contributed by atoms with Gasteiger partial charge in [0.1, 0.15) is 0 Å². The maximum atomic E-state index is 12.6. The topological polar surface area (TPSA) is 26.8 Å². The van der Waals surface area contributed by atoms with Crippen LogP contribution in [0.25, 0.3) is 0 Å². The Morgan fingerprint density at radius 3 is 1.97 bits per heavy atom. The number of carbonyl (C=O) groups is 1. The fourth-order valence-corrected chi connectivity index (χ4v) is 4.43. The van der Waals surface area contributed by atoms with E-state index in [0.29, 0.717) is 6.42 Å². The summed E-state index contributed by atoms with van der Waals surface area (Å²) in [5.41, 5.74) is 3.49. The number of carbonyl (C=O) groups excluding carboxylic acids is 1. The number of rotatable bonds is 7. The number of piperidine rings is 1. The number of piperazine rings is 1. The fraction of sp³-hybridized carbons (Fsp3) is 0.480. The number of halogens is 2. The first-order valence-corrected chi connectivity index (χ1v) is 11.1. The molecular weight excluding hydrogens is 429 g/mol. The van der Waals surface area contributed by atoms with Gasteiger partial charge in [0.05, 0.1) is 0 Å². The number of hydrogen-bond acceptors (Lipinski definition) is 4. The lowest BCUT2D eigenvalue weighted by Crippen LogP contribution is -2.46. The standard InChI is InChI=1S/C25H33N3O.2ClH/c29-25(23-9-11-24(12-10-23)28-14-5-2-6-15-28)13-16-26-17-19-27(20-18-26)21-22-7-3-1-4-8-22;;/h1,3-4,7-12H,2,5-6,13-21H2;2*1H. The van der Waals surface area contributed by atoms with Crippen LogP contribution in [0.5, 0.6) is 0 Å². The first kappa shape index (κ1) is 25.7. The maximum absolute atomic E-state index is 12.6. The van der Waals surface area contributed by atoms with Crippen molar-refractivity contribution in [1.29, 1.82) is 0 Å². The molecule has 2 aromatic rings. The molecule has 0 aromatic heterocycles. The van der Waals surface area contributed by atoms with Crippen LogP contribution in [-0.4, -0.2) is 61.4 Å². The van der Waals surface area contributed by atoms with Gasteiger partial charge in [-0.1, -0.05) is 30.3 Å². The van der Waals surface area contributed by atoms with Crippen molar-refractivity contribution >= 4 is 36.3 Å². The second kappa shape index (κ2) is 13.1. The minimum atomic E-state index is 0. The van der Waals surface area contributed by atoms with Gasteiger partial charge in [0.15, 0.2) is 5.78 Å². The van der Waals surface area contributed by atoms with Crippen LogP contribution >= 0.6 is 24.8 Å². The van der Waals surface area contributed by atoms with E-state index in [2.05, 4.69) is 57.2 Å². The van der Waals surface area contributed by atoms with Crippen molar-refractivity contribution in [3.63, 3.8) is 0 Å². The maximum Gasteiger partial charge on any atom is 0.164 e. The van der Waals surface area contributed by atoms with Gasteiger partial charge >= 0.3 is 0 Å². The Morgan fingerprint density at radius 2 is 1.32 bits per heavy atom. The Balaban J connectivity index is 0.00000171. The predicted octanol–water partition coefficient (Wildman–Crippen LogP) is 4.91. The van der Waals surface area contributed by atoms with Crippen molar-refractivity contribution in [3.05, 3.63) is 65.7 Å². The summed E-state index contributed by atoms with van der Waals surface area (Å²) in [6, 6.07) is 19.0. The number of anilines is 1. The Labute approximate surface area is 199 Å². The van der Waals surface area contributed by atoms with E-state index < -0.39 is 0 Å². The molecule has 0 spiro atoms. The van der Waals surface area contributed by atoms with Gasteiger partial charge in [-0.25, -0.2) is 0 Å². The molecule has 0 saturated carbocycles. The zero-order chi connectivity index (χ0) is 19.9. The van der Waals surface area contributed by atoms with Gasteiger partial charge in [0.25, 0.3) is 0 Å². The SMILES string of the molecule is Cl.Cl.O=C(CCN1CCN(Cc2ccccc2)CC1)c1ccc(N2CCCCC2)cc1. The second-order valence-corrected chi connectivity index (χ2v) is 8.37. The van der Waals surface area contributed by atoms with E-state index in [1.54, 1.807) is 0 Å². The monoisotopic (exact) mass is 463 g/mol. The van der Waals surface area contributed by atoms with Gasteiger partial charge in [-0.2, -0.15) is 0 Å². The highest BCUT2D eigenvalue weighted by Crippen LogP contribution is 2.20. The Bertz CT molecular complexity index is 771. The van der Waals surface area contributed by atoms with Crippen LogP contribution in [-0.2, 0) is 6.54 Å². The molecule has 2 aliphatic rings. The Kier molecular flexibility index (Phi) is 10.8. The molecule has 0 bridgehead atoms.